The van der Waals surface area contributed by atoms with E-state index in [1.165, 1.54) is 0 Å². The Hall–Kier alpha value is -1.43. The minimum Gasteiger partial charge on any atom is -0.419 e. The summed E-state index contributed by atoms with van der Waals surface area (Å²) >= 11 is 5.97. The van der Waals surface area contributed by atoms with E-state index in [4.69, 9.17) is 21.1 Å². The molecule has 1 aromatic heterocycles. The fraction of sp³-hybridized carbons (Fsp3) is 0.467. The predicted octanol–water partition coefficient (Wildman–Crippen LogP) is 2.59. The molecule has 0 spiro atoms. The number of rotatable bonds is 4. The van der Waals surface area contributed by atoms with E-state index >= 15 is 0 Å². The number of likely N-dealkylation sites (tertiary alicyclic amines) is 1. The minimum absolute atomic E-state index is 0.285. The molecule has 5 nitrogen and oxygen atoms in total. The SMILES string of the molecule is OCC1CCN(Cc2nnc(-c3cccc(Cl)c3)o2)CC1. The number of nitrogens with zero attached hydrogens (tertiary/aromatic N) is 3. The molecule has 3 rings (SSSR count). The lowest BCUT2D eigenvalue weighted by atomic mass is 9.98. The number of aliphatic hydroxyl groups excluding tert-OH is 1. The molecule has 1 saturated heterocycles. The third-order valence-corrected chi connectivity index (χ3v) is 4.10. The van der Waals surface area contributed by atoms with Crippen molar-refractivity contribution in [3.63, 3.8) is 0 Å². The van der Waals surface area contributed by atoms with E-state index in [1.54, 1.807) is 0 Å². The van der Waals surface area contributed by atoms with Crippen molar-refractivity contribution in [3.8, 4) is 11.5 Å². The highest BCUT2D eigenvalue weighted by Gasteiger charge is 2.20. The average Bonchev–Trinajstić information content (AvgIpc) is 2.97. The topological polar surface area (TPSA) is 62.4 Å². The van der Waals surface area contributed by atoms with Crippen LogP contribution in [0.2, 0.25) is 5.02 Å². The van der Waals surface area contributed by atoms with Crippen LogP contribution in [0.25, 0.3) is 11.5 Å². The maximum absolute atomic E-state index is 9.15. The van der Waals surface area contributed by atoms with Crippen molar-refractivity contribution in [3.05, 3.63) is 35.2 Å². The maximum atomic E-state index is 9.15. The zero-order valence-electron chi connectivity index (χ0n) is 11.7. The second-order valence-electron chi connectivity index (χ2n) is 5.41. The van der Waals surface area contributed by atoms with E-state index in [0.717, 1.165) is 31.5 Å². The monoisotopic (exact) mass is 307 g/mol. The first kappa shape index (κ1) is 14.5. The second-order valence-corrected chi connectivity index (χ2v) is 5.85. The Balaban J connectivity index is 1.63. The summed E-state index contributed by atoms with van der Waals surface area (Å²) in [4.78, 5) is 2.28. The van der Waals surface area contributed by atoms with Gasteiger partial charge in [0.1, 0.15) is 0 Å². The first-order valence-corrected chi connectivity index (χ1v) is 7.54. The second kappa shape index (κ2) is 6.56. The molecule has 0 atom stereocenters. The average molecular weight is 308 g/mol. The van der Waals surface area contributed by atoms with Crippen molar-refractivity contribution in [1.82, 2.24) is 15.1 Å². The van der Waals surface area contributed by atoms with Crippen LogP contribution in [0.5, 0.6) is 0 Å². The van der Waals surface area contributed by atoms with Gasteiger partial charge in [0.2, 0.25) is 11.8 Å². The zero-order chi connectivity index (χ0) is 14.7. The normalized spacial score (nSPS) is 17.2. The van der Waals surface area contributed by atoms with E-state index < -0.39 is 0 Å². The molecule has 1 aliphatic rings. The van der Waals surface area contributed by atoms with E-state index in [0.29, 0.717) is 29.3 Å². The Labute approximate surface area is 128 Å². The van der Waals surface area contributed by atoms with Gasteiger partial charge in [0.25, 0.3) is 0 Å². The summed E-state index contributed by atoms with van der Waals surface area (Å²) < 4.78 is 5.71. The molecule has 1 fully saturated rings. The number of aliphatic hydroxyl groups is 1. The molecule has 6 heteroatoms. The Morgan fingerprint density at radius 3 is 2.81 bits per heavy atom. The first-order valence-electron chi connectivity index (χ1n) is 7.16. The smallest absolute Gasteiger partial charge is 0.247 e. The largest absolute Gasteiger partial charge is 0.419 e. The Morgan fingerprint density at radius 2 is 2.10 bits per heavy atom. The van der Waals surface area contributed by atoms with Gasteiger partial charge in [0.15, 0.2) is 0 Å². The molecule has 112 valence electrons. The summed E-state index contributed by atoms with van der Waals surface area (Å²) in [6.45, 7) is 2.86. The van der Waals surface area contributed by atoms with Gasteiger partial charge >= 0.3 is 0 Å². The van der Waals surface area contributed by atoms with Gasteiger partial charge in [-0.1, -0.05) is 17.7 Å². The lowest BCUT2D eigenvalue weighted by Crippen LogP contribution is -2.34. The van der Waals surface area contributed by atoms with Gasteiger partial charge < -0.3 is 9.52 Å². The van der Waals surface area contributed by atoms with E-state index in [-0.39, 0.29) is 6.61 Å². The van der Waals surface area contributed by atoms with Gasteiger partial charge in [-0.25, -0.2) is 0 Å². The molecule has 21 heavy (non-hydrogen) atoms. The lowest BCUT2D eigenvalue weighted by Gasteiger charge is -2.29. The Kier molecular flexibility index (Phi) is 4.53. The first-order chi connectivity index (χ1) is 10.2. The van der Waals surface area contributed by atoms with Crippen molar-refractivity contribution < 1.29 is 9.52 Å². The molecule has 0 saturated carbocycles. The lowest BCUT2D eigenvalue weighted by molar-refractivity contribution is 0.121. The Bertz CT molecular complexity index is 594. The minimum atomic E-state index is 0.285. The van der Waals surface area contributed by atoms with Crippen LogP contribution in [0, 0.1) is 5.92 Å². The van der Waals surface area contributed by atoms with Gasteiger partial charge in [-0.2, -0.15) is 0 Å². The fourth-order valence-electron chi connectivity index (χ4n) is 2.57. The zero-order valence-corrected chi connectivity index (χ0v) is 12.5. The van der Waals surface area contributed by atoms with Crippen molar-refractivity contribution >= 4 is 11.6 Å². The van der Waals surface area contributed by atoms with Crippen LogP contribution < -0.4 is 0 Å². The van der Waals surface area contributed by atoms with Crippen LogP contribution in [-0.4, -0.2) is 39.9 Å². The number of halogens is 1. The Morgan fingerprint density at radius 1 is 1.29 bits per heavy atom. The van der Waals surface area contributed by atoms with Crippen molar-refractivity contribution in [2.24, 2.45) is 5.92 Å². The number of piperidine rings is 1. The molecule has 0 amide bonds. The predicted molar refractivity (Wildman–Crippen MR) is 79.8 cm³/mol. The summed E-state index contributed by atoms with van der Waals surface area (Å²) in [7, 11) is 0. The maximum Gasteiger partial charge on any atom is 0.247 e. The summed E-state index contributed by atoms with van der Waals surface area (Å²) in [6, 6.07) is 7.39. The molecule has 0 bridgehead atoms. The van der Waals surface area contributed by atoms with E-state index in [1.807, 2.05) is 24.3 Å². The van der Waals surface area contributed by atoms with Gasteiger partial charge in [-0.3, -0.25) is 4.90 Å². The quantitative estimate of drug-likeness (QED) is 0.940. The molecule has 2 aromatic rings. The van der Waals surface area contributed by atoms with E-state index in [9.17, 15) is 0 Å². The number of hydrogen-bond donors (Lipinski definition) is 1. The number of aromatic nitrogens is 2. The summed E-state index contributed by atoms with van der Waals surface area (Å²) in [6.07, 6.45) is 2.04. The van der Waals surface area contributed by atoms with Crippen molar-refractivity contribution in [2.75, 3.05) is 19.7 Å². The number of benzene rings is 1. The standard InChI is InChI=1S/C15H18ClN3O2/c16-13-3-1-2-12(8-13)15-18-17-14(21-15)9-19-6-4-11(10-20)5-7-19/h1-3,8,11,20H,4-7,9-10H2. The molecular weight excluding hydrogens is 290 g/mol. The summed E-state index contributed by atoms with van der Waals surface area (Å²) in [5.74, 6) is 1.55. The van der Waals surface area contributed by atoms with Gasteiger partial charge in [0.05, 0.1) is 6.54 Å². The molecular formula is C15H18ClN3O2. The van der Waals surface area contributed by atoms with Crippen LogP contribution in [-0.2, 0) is 6.54 Å². The van der Waals surface area contributed by atoms with Crippen molar-refractivity contribution in [2.45, 2.75) is 19.4 Å². The van der Waals surface area contributed by atoms with Gasteiger partial charge in [-0.15, -0.1) is 10.2 Å². The highest BCUT2D eigenvalue weighted by molar-refractivity contribution is 6.30. The van der Waals surface area contributed by atoms with Gasteiger partial charge in [0, 0.05) is 17.2 Å². The summed E-state index contributed by atoms with van der Waals surface area (Å²) in [5.41, 5.74) is 0.834. The van der Waals surface area contributed by atoms with Crippen LogP contribution >= 0.6 is 11.6 Å². The molecule has 2 heterocycles. The molecule has 0 unspecified atom stereocenters. The highest BCUT2D eigenvalue weighted by Crippen LogP contribution is 2.23. The molecule has 1 aliphatic heterocycles. The van der Waals surface area contributed by atoms with E-state index in [2.05, 4.69) is 15.1 Å². The van der Waals surface area contributed by atoms with Gasteiger partial charge in [-0.05, 0) is 50.0 Å². The highest BCUT2D eigenvalue weighted by atomic mass is 35.5. The molecule has 0 aliphatic carbocycles. The third-order valence-electron chi connectivity index (χ3n) is 3.86. The van der Waals surface area contributed by atoms with Crippen LogP contribution in [0.4, 0.5) is 0 Å². The van der Waals surface area contributed by atoms with Crippen LogP contribution in [0.3, 0.4) is 0 Å². The fourth-order valence-corrected chi connectivity index (χ4v) is 2.76. The van der Waals surface area contributed by atoms with Crippen LogP contribution in [0.1, 0.15) is 18.7 Å². The van der Waals surface area contributed by atoms with Crippen molar-refractivity contribution in [1.29, 1.82) is 0 Å². The third kappa shape index (κ3) is 3.61. The summed E-state index contributed by atoms with van der Waals surface area (Å²) in [5, 5.41) is 18.0. The molecule has 1 aromatic carbocycles. The number of hydrogen-bond acceptors (Lipinski definition) is 5. The molecule has 0 radical (unpaired) electrons. The molecule has 1 N–H and O–H groups in total. The van der Waals surface area contributed by atoms with Crippen LogP contribution in [0.15, 0.2) is 28.7 Å².